The second kappa shape index (κ2) is 38.6. The van der Waals surface area contributed by atoms with Crippen molar-refractivity contribution in [3.8, 4) is 5.75 Å². The van der Waals surface area contributed by atoms with E-state index in [0.29, 0.717) is 162 Å². The fourth-order valence-corrected chi connectivity index (χ4v) is 5.65. The highest BCUT2D eigenvalue weighted by molar-refractivity contribution is 7.80. The Hall–Kier alpha value is -3.47. The Bertz CT molecular complexity index is 1420. The Kier molecular flexibility index (Phi) is 34.3. The smallest absolute Gasteiger partial charge is 0.251 e. The molecule has 22 nitrogen and oxygen atoms in total. The van der Waals surface area contributed by atoms with Crippen molar-refractivity contribution >= 4 is 34.8 Å². The minimum atomic E-state index is -0.824. The maximum absolute atomic E-state index is 11.9. The zero-order valence-electron chi connectivity index (χ0n) is 37.2. The molecule has 3 atom stereocenters. The standard InChI is InChI=1S/C35H56N4O12S.C7H15NO5/c1-30-2-7-34(42)39(30)11-8-33(41)36-9-12-43-14-16-45-18-20-47-22-24-49-26-28-51-29-27-50-25-23-48-21-19-46-17-15-44-13-10-37-35(52)38-31-3-5-32(40)6-4-31;9-6-3-5(1-2-8(11)12)13-4-7(6)10/h2-7,40H,1,8-29H2,(H,36,41)(H2,37,38,52);5-7,9-12H,1-4H2. The van der Waals surface area contributed by atoms with Gasteiger partial charge in [0, 0.05) is 49.9 Å². The minimum Gasteiger partial charge on any atom is -0.508 e. The van der Waals surface area contributed by atoms with Gasteiger partial charge in [-0.15, -0.1) is 0 Å². The predicted octanol–water partition coefficient (Wildman–Crippen LogP) is 0.214. The number of benzene rings is 1. The molecule has 2 amide bonds. The van der Waals surface area contributed by atoms with Gasteiger partial charge in [-0.05, 0) is 49.0 Å². The highest BCUT2D eigenvalue weighted by Crippen LogP contribution is 2.17. The van der Waals surface area contributed by atoms with Gasteiger partial charge < -0.3 is 83.5 Å². The van der Waals surface area contributed by atoms with Crippen LogP contribution in [0.5, 0.6) is 5.75 Å². The van der Waals surface area contributed by atoms with Gasteiger partial charge in [0.05, 0.1) is 144 Å². The number of rotatable bonds is 37. The van der Waals surface area contributed by atoms with E-state index in [-0.39, 0.29) is 48.5 Å². The fraction of sp³-hybridized carbons (Fsp3) is 0.690. The molecule has 23 heteroatoms. The largest absolute Gasteiger partial charge is 0.508 e. The molecular formula is C42H71N5O17S. The molecule has 8 N–H and O–H groups in total. The number of aromatic hydroxyl groups is 1. The van der Waals surface area contributed by atoms with Gasteiger partial charge in [-0.25, -0.2) is 0 Å². The summed E-state index contributed by atoms with van der Waals surface area (Å²) in [6, 6.07) is 6.65. The number of thiocarbonyl (C=S) groups is 1. The van der Waals surface area contributed by atoms with Crippen LogP contribution in [0.25, 0.3) is 0 Å². The first-order valence-corrected chi connectivity index (χ1v) is 22.1. The van der Waals surface area contributed by atoms with E-state index in [1.165, 1.54) is 11.0 Å². The third-order valence-electron chi connectivity index (χ3n) is 8.90. The molecule has 0 saturated carbocycles. The van der Waals surface area contributed by atoms with Gasteiger partial charge in [0.1, 0.15) is 11.9 Å². The van der Waals surface area contributed by atoms with Crippen LogP contribution in [-0.2, 0) is 57.0 Å². The molecule has 2 aliphatic rings. The second-order valence-electron chi connectivity index (χ2n) is 14.1. The summed E-state index contributed by atoms with van der Waals surface area (Å²) in [5.74, 6) is -0.0922. The lowest BCUT2D eigenvalue weighted by molar-refractivity contribution is -0.309. The topological polar surface area (TPSA) is 270 Å². The lowest BCUT2D eigenvalue weighted by Crippen LogP contribution is -2.42. The zero-order chi connectivity index (χ0) is 47.2. The van der Waals surface area contributed by atoms with Crippen molar-refractivity contribution in [3.05, 3.63) is 48.7 Å². The molecule has 1 aromatic carbocycles. The third kappa shape index (κ3) is 32.0. The van der Waals surface area contributed by atoms with Crippen LogP contribution in [-0.4, -0.2) is 223 Å². The highest BCUT2D eigenvalue weighted by atomic mass is 32.1. The number of ether oxygens (including phenoxy) is 10. The van der Waals surface area contributed by atoms with E-state index in [4.69, 9.17) is 75.1 Å². The molecule has 372 valence electrons. The predicted molar refractivity (Wildman–Crippen MR) is 239 cm³/mol. The molecule has 0 aromatic heterocycles. The number of carbonyl (C=O) groups is 2. The van der Waals surface area contributed by atoms with Gasteiger partial charge in [0.15, 0.2) is 5.11 Å². The Balaban J connectivity index is 0.000000952. The van der Waals surface area contributed by atoms with E-state index < -0.39 is 12.2 Å². The molecule has 0 bridgehead atoms. The Morgan fingerprint density at radius 2 is 1.15 bits per heavy atom. The van der Waals surface area contributed by atoms with Gasteiger partial charge >= 0.3 is 0 Å². The van der Waals surface area contributed by atoms with Crippen LogP contribution < -0.4 is 16.0 Å². The molecule has 3 rings (SSSR count). The van der Waals surface area contributed by atoms with Crippen LogP contribution in [0.15, 0.2) is 48.7 Å². The van der Waals surface area contributed by atoms with E-state index in [9.17, 15) is 19.8 Å². The lowest BCUT2D eigenvalue weighted by atomic mass is 10.0. The number of anilines is 1. The van der Waals surface area contributed by atoms with Crippen LogP contribution in [0.4, 0.5) is 5.69 Å². The number of nitrogens with zero attached hydrogens (tertiary/aromatic N) is 2. The van der Waals surface area contributed by atoms with Crippen molar-refractivity contribution in [2.45, 2.75) is 37.6 Å². The van der Waals surface area contributed by atoms with Crippen molar-refractivity contribution in [2.24, 2.45) is 0 Å². The number of allylic oxidation sites excluding steroid dienone is 1. The van der Waals surface area contributed by atoms with Crippen LogP contribution in [0.3, 0.4) is 0 Å². The number of nitrogens with one attached hydrogen (secondary N) is 3. The van der Waals surface area contributed by atoms with Crippen LogP contribution in [0.2, 0.25) is 0 Å². The number of hydroxylamine groups is 2. The number of amides is 2. The molecular weight excluding hydrogens is 879 g/mol. The quantitative estimate of drug-likeness (QED) is 0.0192. The number of aliphatic hydroxyl groups excluding tert-OH is 2. The van der Waals surface area contributed by atoms with Gasteiger partial charge in [-0.1, -0.05) is 11.8 Å². The summed E-state index contributed by atoms with van der Waals surface area (Å²) in [6.45, 7) is 13.5. The fourth-order valence-electron chi connectivity index (χ4n) is 5.43. The van der Waals surface area contributed by atoms with Gasteiger partial charge in [0.25, 0.3) is 5.91 Å². The zero-order valence-corrected chi connectivity index (χ0v) is 38.0. The van der Waals surface area contributed by atoms with E-state index in [1.807, 2.05) is 0 Å². The van der Waals surface area contributed by atoms with Gasteiger partial charge in [0.2, 0.25) is 5.91 Å². The summed E-state index contributed by atoms with van der Waals surface area (Å²) < 4.78 is 54.4. The number of phenols is 1. The van der Waals surface area contributed by atoms with Crippen molar-refractivity contribution in [1.82, 2.24) is 20.8 Å². The Morgan fingerprint density at radius 3 is 1.57 bits per heavy atom. The van der Waals surface area contributed by atoms with Crippen LogP contribution in [0, 0.1) is 0 Å². The van der Waals surface area contributed by atoms with E-state index in [0.717, 1.165) is 5.69 Å². The normalized spacial score (nSPS) is 17.1. The second-order valence-corrected chi connectivity index (χ2v) is 14.5. The van der Waals surface area contributed by atoms with Crippen LogP contribution >= 0.6 is 12.2 Å². The summed E-state index contributed by atoms with van der Waals surface area (Å²) >= 11 is 5.22. The van der Waals surface area contributed by atoms with Crippen molar-refractivity contribution < 1.29 is 82.7 Å². The van der Waals surface area contributed by atoms with E-state index in [1.54, 1.807) is 30.3 Å². The summed E-state index contributed by atoms with van der Waals surface area (Å²) in [5, 5.41) is 53.9. The molecule has 2 heterocycles. The number of phenolic OH excluding ortho intramolecular Hbond substituents is 1. The number of hydrogen-bond acceptors (Lipinski definition) is 19. The van der Waals surface area contributed by atoms with Gasteiger partial charge in [-0.3, -0.25) is 20.0 Å². The Labute approximate surface area is 386 Å². The Morgan fingerprint density at radius 1 is 0.708 bits per heavy atom. The molecule has 1 saturated heterocycles. The highest BCUT2D eigenvalue weighted by Gasteiger charge is 2.28. The molecule has 0 radical (unpaired) electrons. The molecule has 1 fully saturated rings. The molecule has 0 spiro atoms. The average molecular weight is 950 g/mol. The first-order chi connectivity index (χ1) is 31.5. The summed E-state index contributed by atoms with van der Waals surface area (Å²) in [6.07, 6.45) is 2.21. The first kappa shape index (κ1) is 57.7. The molecule has 2 aliphatic heterocycles. The molecule has 0 aliphatic carbocycles. The number of aliphatic hydroxyl groups is 2. The lowest BCUT2D eigenvalue weighted by Gasteiger charge is -2.30. The molecule has 1 aromatic rings. The van der Waals surface area contributed by atoms with Crippen LogP contribution in [0.1, 0.15) is 19.3 Å². The minimum absolute atomic E-state index is 0.0630. The molecule has 3 unspecified atom stereocenters. The van der Waals surface area contributed by atoms with E-state index >= 15 is 0 Å². The monoisotopic (exact) mass is 949 g/mol. The number of hydrogen-bond donors (Lipinski definition) is 8. The van der Waals surface area contributed by atoms with Crippen molar-refractivity contribution in [1.29, 1.82) is 0 Å². The summed E-state index contributed by atoms with van der Waals surface area (Å²) in [5.41, 5.74) is 1.39. The summed E-state index contributed by atoms with van der Waals surface area (Å²) in [4.78, 5) is 25.0. The third-order valence-corrected chi connectivity index (χ3v) is 9.14. The maximum atomic E-state index is 11.9. The van der Waals surface area contributed by atoms with E-state index in [2.05, 4.69) is 22.5 Å². The average Bonchev–Trinajstić information content (AvgIpc) is 3.61. The first-order valence-electron chi connectivity index (χ1n) is 21.7. The number of carbonyl (C=O) groups excluding carboxylic acids is 2. The summed E-state index contributed by atoms with van der Waals surface area (Å²) in [7, 11) is 0. The maximum Gasteiger partial charge on any atom is 0.251 e. The van der Waals surface area contributed by atoms with Crippen molar-refractivity contribution in [3.63, 3.8) is 0 Å². The van der Waals surface area contributed by atoms with Crippen molar-refractivity contribution in [2.75, 3.05) is 157 Å². The SMILES string of the molecule is C=C1C=CC(=O)N1CCC(=O)NCCOCCOCCOCCOCCOCCOCCOCCOCCOCCNC(=S)Nc1ccc(O)cc1.OC1COC(CCN(O)O)CC1O. The molecule has 65 heavy (non-hydrogen) atoms. The van der Waals surface area contributed by atoms with Gasteiger partial charge in [-0.2, -0.15) is 0 Å².